The van der Waals surface area contributed by atoms with Gasteiger partial charge in [-0.25, -0.2) is 4.79 Å². The summed E-state index contributed by atoms with van der Waals surface area (Å²) in [6, 6.07) is 0.0535. The molecule has 0 radical (unpaired) electrons. The lowest BCUT2D eigenvalue weighted by atomic mass is 10.0. The summed E-state index contributed by atoms with van der Waals surface area (Å²) < 4.78 is 4.91. The molecule has 2 atom stereocenters. The van der Waals surface area contributed by atoms with E-state index in [1.165, 1.54) is 0 Å². The summed E-state index contributed by atoms with van der Waals surface area (Å²) in [6.45, 7) is 5.23. The van der Waals surface area contributed by atoms with Gasteiger partial charge in [-0.05, 0) is 19.3 Å². The Kier molecular flexibility index (Phi) is 3.54. The molecular weight excluding hydrogens is 170 g/mol. The van der Waals surface area contributed by atoms with Crippen molar-refractivity contribution >= 4 is 6.09 Å². The Morgan fingerprint density at radius 3 is 2.85 bits per heavy atom. The van der Waals surface area contributed by atoms with E-state index in [0.717, 1.165) is 13.0 Å². The first kappa shape index (κ1) is 10.3. The summed E-state index contributed by atoms with van der Waals surface area (Å²) in [5.41, 5.74) is 0. The van der Waals surface area contributed by atoms with Crippen molar-refractivity contribution in [1.29, 1.82) is 0 Å². The lowest BCUT2D eigenvalue weighted by Crippen LogP contribution is -2.46. The molecule has 0 spiro atoms. The molecule has 2 unspecified atom stereocenters. The number of aliphatic hydroxyl groups excluding tert-OH is 1. The van der Waals surface area contributed by atoms with E-state index in [9.17, 15) is 4.79 Å². The topological polar surface area (TPSA) is 49.8 Å². The van der Waals surface area contributed by atoms with Gasteiger partial charge in [-0.1, -0.05) is 6.92 Å². The Labute approximate surface area is 78.5 Å². The molecule has 1 saturated heterocycles. The highest BCUT2D eigenvalue weighted by atomic mass is 16.6. The third-order valence-corrected chi connectivity index (χ3v) is 2.61. The van der Waals surface area contributed by atoms with Crippen molar-refractivity contribution in [2.45, 2.75) is 26.3 Å². The van der Waals surface area contributed by atoms with Crippen LogP contribution in [0.3, 0.4) is 0 Å². The second-order valence-corrected chi connectivity index (χ2v) is 3.56. The van der Waals surface area contributed by atoms with E-state index >= 15 is 0 Å². The van der Waals surface area contributed by atoms with Gasteiger partial charge in [-0.15, -0.1) is 0 Å². The number of ether oxygens (including phenoxy) is 1. The summed E-state index contributed by atoms with van der Waals surface area (Å²) in [4.78, 5) is 13.0. The van der Waals surface area contributed by atoms with Crippen LogP contribution in [0.5, 0.6) is 0 Å². The summed E-state index contributed by atoms with van der Waals surface area (Å²) >= 11 is 0. The van der Waals surface area contributed by atoms with Gasteiger partial charge >= 0.3 is 6.09 Å². The Bertz CT molecular complexity index is 184. The second-order valence-electron chi connectivity index (χ2n) is 3.56. The van der Waals surface area contributed by atoms with Crippen LogP contribution in [-0.4, -0.2) is 41.9 Å². The van der Waals surface area contributed by atoms with Crippen LogP contribution < -0.4 is 0 Å². The number of carbonyl (C=O) groups is 1. The molecule has 1 amide bonds. The maximum atomic E-state index is 11.3. The molecule has 4 nitrogen and oxygen atoms in total. The third-order valence-electron chi connectivity index (χ3n) is 2.61. The van der Waals surface area contributed by atoms with Gasteiger partial charge in [0.25, 0.3) is 0 Å². The molecule has 76 valence electrons. The number of amides is 1. The molecule has 1 fully saturated rings. The lowest BCUT2D eigenvalue weighted by molar-refractivity contribution is 0.0400. The molecule has 1 aliphatic rings. The van der Waals surface area contributed by atoms with Crippen LogP contribution in [-0.2, 0) is 4.74 Å². The molecule has 1 rings (SSSR count). The highest BCUT2D eigenvalue weighted by Crippen LogP contribution is 2.15. The van der Waals surface area contributed by atoms with Gasteiger partial charge in [0.05, 0.1) is 6.61 Å². The number of hydrogen-bond donors (Lipinski definition) is 1. The Morgan fingerprint density at radius 2 is 2.31 bits per heavy atom. The van der Waals surface area contributed by atoms with Gasteiger partial charge in [0, 0.05) is 19.2 Å². The third kappa shape index (κ3) is 2.34. The van der Waals surface area contributed by atoms with Crippen molar-refractivity contribution in [1.82, 2.24) is 4.90 Å². The number of hydrogen-bond acceptors (Lipinski definition) is 3. The van der Waals surface area contributed by atoms with Crippen LogP contribution in [0.25, 0.3) is 0 Å². The molecule has 1 aliphatic heterocycles. The van der Waals surface area contributed by atoms with Crippen molar-refractivity contribution in [2.24, 2.45) is 5.92 Å². The number of carbonyl (C=O) groups excluding carboxylic acids is 1. The lowest BCUT2D eigenvalue weighted by Gasteiger charge is -2.34. The fourth-order valence-corrected chi connectivity index (χ4v) is 1.40. The number of nitrogens with zero attached hydrogens (tertiary/aromatic N) is 1. The average molecular weight is 187 g/mol. The molecule has 1 heterocycles. The van der Waals surface area contributed by atoms with E-state index in [1.54, 1.807) is 4.90 Å². The minimum Gasteiger partial charge on any atom is -0.449 e. The summed E-state index contributed by atoms with van der Waals surface area (Å²) in [5, 5.41) is 8.94. The quantitative estimate of drug-likeness (QED) is 0.712. The molecule has 0 aromatic rings. The summed E-state index contributed by atoms with van der Waals surface area (Å²) in [7, 11) is 0. The van der Waals surface area contributed by atoms with Crippen LogP contribution in [0, 0.1) is 5.92 Å². The maximum Gasteiger partial charge on any atom is 0.410 e. The van der Waals surface area contributed by atoms with Gasteiger partial charge in [-0.2, -0.15) is 0 Å². The molecule has 13 heavy (non-hydrogen) atoms. The fraction of sp³-hybridized carbons (Fsp3) is 0.889. The van der Waals surface area contributed by atoms with Crippen LogP contribution in [0.1, 0.15) is 20.3 Å². The molecule has 0 bridgehead atoms. The second kappa shape index (κ2) is 4.46. The normalized spacial score (nSPS) is 22.4. The average Bonchev–Trinajstić information content (AvgIpc) is 2.16. The zero-order valence-electron chi connectivity index (χ0n) is 8.19. The first-order valence-electron chi connectivity index (χ1n) is 4.71. The summed E-state index contributed by atoms with van der Waals surface area (Å²) in [6.07, 6.45) is 0.632. The van der Waals surface area contributed by atoms with Crippen LogP contribution in [0.4, 0.5) is 4.79 Å². The van der Waals surface area contributed by atoms with Crippen molar-refractivity contribution in [3.05, 3.63) is 0 Å². The van der Waals surface area contributed by atoms with E-state index in [-0.39, 0.29) is 24.7 Å². The van der Waals surface area contributed by atoms with E-state index in [2.05, 4.69) is 0 Å². The van der Waals surface area contributed by atoms with Crippen LogP contribution in [0.2, 0.25) is 0 Å². The largest absolute Gasteiger partial charge is 0.449 e. The molecule has 4 heteroatoms. The van der Waals surface area contributed by atoms with E-state index in [4.69, 9.17) is 9.84 Å². The van der Waals surface area contributed by atoms with Gasteiger partial charge < -0.3 is 14.7 Å². The number of aliphatic hydroxyl groups is 1. The van der Waals surface area contributed by atoms with Gasteiger partial charge in [-0.3, -0.25) is 0 Å². The highest BCUT2D eigenvalue weighted by molar-refractivity contribution is 5.68. The van der Waals surface area contributed by atoms with Gasteiger partial charge in [0.2, 0.25) is 0 Å². The van der Waals surface area contributed by atoms with Gasteiger partial charge in [0.1, 0.15) is 0 Å². The fourth-order valence-electron chi connectivity index (χ4n) is 1.40. The number of cyclic esters (lactones) is 1. The molecular formula is C9H17NO3. The van der Waals surface area contributed by atoms with Crippen molar-refractivity contribution in [3.63, 3.8) is 0 Å². The Morgan fingerprint density at radius 1 is 1.62 bits per heavy atom. The van der Waals surface area contributed by atoms with E-state index < -0.39 is 0 Å². The minimum atomic E-state index is -0.251. The SMILES string of the molecule is CC(CO)C(C)N1CCCOC1=O. The molecule has 0 aliphatic carbocycles. The zero-order valence-corrected chi connectivity index (χ0v) is 8.19. The van der Waals surface area contributed by atoms with E-state index in [1.807, 2.05) is 13.8 Å². The Balaban J connectivity index is 2.53. The van der Waals surface area contributed by atoms with E-state index in [0.29, 0.717) is 6.61 Å². The molecule has 1 N–H and O–H groups in total. The predicted octanol–water partition coefficient (Wildman–Crippen LogP) is 0.846. The maximum absolute atomic E-state index is 11.3. The zero-order chi connectivity index (χ0) is 9.84. The molecule has 0 saturated carbocycles. The van der Waals surface area contributed by atoms with Crippen molar-refractivity contribution in [3.8, 4) is 0 Å². The molecule has 0 aromatic carbocycles. The monoisotopic (exact) mass is 187 g/mol. The van der Waals surface area contributed by atoms with Crippen LogP contribution in [0.15, 0.2) is 0 Å². The summed E-state index contributed by atoms with van der Waals surface area (Å²) in [5.74, 6) is 0.102. The number of rotatable bonds is 3. The smallest absolute Gasteiger partial charge is 0.410 e. The predicted molar refractivity (Wildman–Crippen MR) is 48.4 cm³/mol. The van der Waals surface area contributed by atoms with Crippen LogP contribution >= 0.6 is 0 Å². The first-order chi connectivity index (χ1) is 6.16. The van der Waals surface area contributed by atoms with Gasteiger partial charge in [0.15, 0.2) is 0 Å². The van der Waals surface area contributed by atoms with Crippen molar-refractivity contribution in [2.75, 3.05) is 19.8 Å². The molecule has 0 aromatic heterocycles. The van der Waals surface area contributed by atoms with Crippen molar-refractivity contribution < 1.29 is 14.6 Å². The first-order valence-corrected chi connectivity index (χ1v) is 4.71. The Hall–Kier alpha value is -0.770. The minimum absolute atomic E-state index is 0.0535. The standard InChI is InChI=1S/C9H17NO3/c1-7(6-11)8(2)10-4-3-5-13-9(10)12/h7-8,11H,3-6H2,1-2H3. The highest BCUT2D eigenvalue weighted by Gasteiger charge is 2.27.